The SMILES string of the molecule is C=C(C)C(=O)Oc1ccc(C(=O)C(=O)c2ccc(OC(=O)C(C)=N)cc2)cc1. The number of benzene rings is 2. The van der Waals surface area contributed by atoms with Crippen LogP contribution in [0.3, 0.4) is 0 Å². The molecule has 0 amide bonds. The highest BCUT2D eigenvalue weighted by atomic mass is 16.5. The third-order valence-corrected chi connectivity index (χ3v) is 3.51. The van der Waals surface area contributed by atoms with Gasteiger partial charge in [-0.15, -0.1) is 0 Å². The van der Waals surface area contributed by atoms with Crippen LogP contribution in [0, 0.1) is 5.41 Å². The van der Waals surface area contributed by atoms with Crippen molar-refractivity contribution in [1.82, 2.24) is 0 Å². The van der Waals surface area contributed by atoms with Gasteiger partial charge in [0.2, 0.25) is 11.6 Å². The smallest absolute Gasteiger partial charge is 0.357 e. The fraction of sp³-hybridized carbons (Fsp3) is 0.0952. The summed E-state index contributed by atoms with van der Waals surface area (Å²) in [4.78, 5) is 47.5. The van der Waals surface area contributed by atoms with E-state index in [0.29, 0.717) is 0 Å². The van der Waals surface area contributed by atoms with Crippen molar-refractivity contribution in [2.75, 3.05) is 0 Å². The van der Waals surface area contributed by atoms with E-state index in [1.165, 1.54) is 62.4 Å². The first-order valence-corrected chi connectivity index (χ1v) is 8.13. The topological polar surface area (TPSA) is 111 Å². The summed E-state index contributed by atoms with van der Waals surface area (Å²) in [5, 5.41) is 7.18. The van der Waals surface area contributed by atoms with E-state index < -0.39 is 23.5 Å². The van der Waals surface area contributed by atoms with Gasteiger partial charge in [-0.2, -0.15) is 0 Å². The predicted molar refractivity (Wildman–Crippen MR) is 101 cm³/mol. The molecule has 0 saturated carbocycles. The van der Waals surface area contributed by atoms with Gasteiger partial charge in [0.25, 0.3) is 0 Å². The number of nitrogens with one attached hydrogen (secondary N) is 1. The molecule has 0 saturated heterocycles. The average Bonchev–Trinajstić information content (AvgIpc) is 2.67. The zero-order valence-electron chi connectivity index (χ0n) is 15.3. The maximum absolute atomic E-state index is 12.4. The second-order valence-electron chi connectivity index (χ2n) is 5.89. The molecule has 0 aliphatic heterocycles. The minimum atomic E-state index is -0.803. The molecule has 0 aliphatic carbocycles. The molecular weight excluding hydrogens is 362 g/mol. The second-order valence-corrected chi connectivity index (χ2v) is 5.89. The molecule has 142 valence electrons. The van der Waals surface area contributed by atoms with Gasteiger partial charge in [-0.1, -0.05) is 6.58 Å². The van der Waals surface area contributed by atoms with Crippen LogP contribution in [0.2, 0.25) is 0 Å². The summed E-state index contributed by atoms with van der Waals surface area (Å²) in [5.41, 5.74) is 0.233. The molecule has 0 radical (unpaired) electrons. The average molecular weight is 379 g/mol. The molecule has 2 aromatic carbocycles. The number of Topliss-reactive ketones (excluding diaryl/α,β-unsaturated/α-hetero) is 2. The Bertz CT molecular complexity index is 889. The highest BCUT2D eigenvalue weighted by molar-refractivity contribution is 6.49. The molecule has 2 rings (SSSR count). The lowest BCUT2D eigenvalue weighted by atomic mass is 10.0. The van der Waals surface area contributed by atoms with Crippen LogP contribution in [0.25, 0.3) is 0 Å². The minimum Gasteiger partial charge on any atom is -0.423 e. The third-order valence-electron chi connectivity index (χ3n) is 3.51. The van der Waals surface area contributed by atoms with Crippen LogP contribution in [0.5, 0.6) is 11.5 Å². The summed E-state index contributed by atoms with van der Waals surface area (Å²) < 4.78 is 9.94. The Morgan fingerprint density at radius 2 is 1.07 bits per heavy atom. The highest BCUT2D eigenvalue weighted by Crippen LogP contribution is 2.17. The Morgan fingerprint density at radius 1 is 0.714 bits per heavy atom. The van der Waals surface area contributed by atoms with E-state index in [0.717, 1.165) is 0 Å². The van der Waals surface area contributed by atoms with E-state index in [-0.39, 0.29) is 33.9 Å². The molecule has 0 heterocycles. The van der Waals surface area contributed by atoms with Crippen molar-refractivity contribution in [3.05, 3.63) is 71.8 Å². The van der Waals surface area contributed by atoms with Gasteiger partial charge in [0.15, 0.2) is 0 Å². The first kappa shape index (κ1) is 20.4. The standard InChI is InChI=1S/C21H17NO6/c1-12(2)20(25)27-16-8-4-14(5-9-16)18(23)19(24)15-6-10-17(11-7-15)28-21(26)13(3)22/h4-11,22H,1H2,2-3H3. The van der Waals surface area contributed by atoms with Gasteiger partial charge >= 0.3 is 11.9 Å². The summed E-state index contributed by atoms with van der Waals surface area (Å²) in [6.45, 7) is 6.28. The monoisotopic (exact) mass is 379 g/mol. The zero-order valence-corrected chi connectivity index (χ0v) is 15.3. The molecule has 2 aromatic rings. The number of rotatable bonds is 7. The van der Waals surface area contributed by atoms with E-state index >= 15 is 0 Å². The van der Waals surface area contributed by atoms with Crippen LogP contribution >= 0.6 is 0 Å². The van der Waals surface area contributed by atoms with Crippen molar-refractivity contribution in [2.45, 2.75) is 13.8 Å². The molecule has 7 heteroatoms. The van der Waals surface area contributed by atoms with E-state index in [1.807, 2.05) is 0 Å². The fourth-order valence-electron chi connectivity index (χ4n) is 1.99. The molecule has 0 aliphatic rings. The summed E-state index contributed by atoms with van der Waals surface area (Å²) in [6.07, 6.45) is 0. The number of ketones is 2. The van der Waals surface area contributed by atoms with Crippen molar-refractivity contribution >= 4 is 29.2 Å². The lowest BCUT2D eigenvalue weighted by molar-refractivity contribution is -0.130. The van der Waals surface area contributed by atoms with Gasteiger partial charge in [-0.25, -0.2) is 9.59 Å². The molecular formula is C21H17NO6. The summed E-state index contributed by atoms with van der Waals surface area (Å²) >= 11 is 0. The van der Waals surface area contributed by atoms with Crippen LogP contribution in [0.15, 0.2) is 60.7 Å². The fourth-order valence-corrected chi connectivity index (χ4v) is 1.99. The largest absolute Gasteiger partial charge is 0.423 e. The van der Waals surface area contributed by atoms with Crippen molar-refractivity contribution in [1.29, 1.82) is 5.41 Å². The first-order valence-electron chi connectivity index (χ1n) is 8.13. The lowest BCUT2D eigenvalue weighted by Gasteiger charge is -2.06. The Hall–Kier alpha value is -3.87. The molecule has 0 aromatic heterocycles. The van der Waals surface area contributed by atoms with Gasteiger partial charge < -0.3 is 9.47 Å². The van der Waals surface area contributed by atoms with Gasteiger partial charge in [0.1, 0.15) is 17.2 Å². The van der Waals surface area contributed by atoms with Crippen LogP contribution in [-0.4, -0.2) is 29.2 Å². The molecule has 0 fully saturated rings. The normalized spacial score (nSPS) is 9.93. The van der Waals surface area contributed by atoms with Gasteiger partial charge in [0, 0.05) is 16.7 Å². The molecule has 0 unspecified atom stereocenters. The molecule has 28 heavy (non-hydrogen) atoms. The number of esters is 2. The number of ether oxygens (including phenoxy) is 2. The molecule has 1 N–H and O–H groups in total. The number of carbonyl (C=O) groups is 4. The van der Waals surface area contributed by atoms with Crippen molar-refractivity contribution in [3.8, 4) is 11.5 Å². The quantitative estimate of drug-likeness (QED) is 0.198. The van der Waals surface area contributed by atoms with Crippen LogP contribution < -0.4 is 9.47 Å². The van der Waals surface area contributed by atoms with E-state index in [2.05, 4.69) is 6.58 Å². The number of hydrogen-bond acceptors (Lipinski definition) is 7. The van der Waals surface area contributed by atoms with E-state index in [4.69, 9.17) is 14.9 Å². The Balaban J connectivity index is 2.08. The third kappa shape index (κ3) is 5.07. The first-order chi connectivity index (χ1) is 13.2. The minimum absolute atomic E-state index is 0.120. The Morgan fingerprint density at radius 3 is 1.39 bits per heavy atom. The van der Waals surface area contributed by atoms with Crippen LogP contribution in [0.4, 0.5) is 0 Å². The Labute approximate surface area is 161 Å². The summed E-state index contributed by atoms with van der Waals surface area (Å²) in [5.74, 6) is -2.49. The van der Waals surface area contributed by atoms with Gasteiger partial charge in [-0.3, -0.25) is 15.0 Å². The summed E-state index contributed by atoms with van der Waals surface area (Å²) in [7, 11) is 0. The molecule has 7 nitrogen and oxygen atoms in total. The second kappa shape index (κ2) is 8.68. The van der Waals surface area contributed by atoms with Crippen LogP contribution in [0.1, 0.15) is 34.6 Å². The van der Waals surface area contributed by atoms with Gasteiger partial charge in [0.05, 0.1) is 0 Å². The van der Waals surface area contributed by atoms with Gasteiger partial charge in [-0.05, 0) is 62.4 Å². The number of carbonyl (C=O) groups excluding carboxylic acids is 4. The van der Waals surface area contributed by atoms with Crippen molar-refractivity contribution in [2.24, 2.45) is 0 Å². The lowest BCUT2D eigenvalue weighted by Crippen LogP contribution is -2.17. The van der Waals surface area contributed by atoms with E-state index in [1.54, 1.807) is 0 Å². The summed E-state index contributed by atoms with van der Waals surface area (Å²) in [6, 6.07) is 11.0. The number of hydrogen-bond donors (Lipinski definition) is 1. The van der Waals surface area contributed by atoms with Crippen LogP contribution in [-0.2, 0) is 9.59 Å². The predicted octanol–water partition coefficient (Wildman–Crippen LogP) is 3.18. The molecule has 0 bridgehead atoms. The van der Waals surface area contributed by atoms with Crippen molar-refractivity contribution < 1.29 is 28.7 Å². The highest BCUT2D eigenvalue weighted by Gasteiger charge is 2.19. The maximum Gasteiger partial charge on any atom is 0.357 e. The molecule has 0 spiro atoms. The van der Waals surface area contributed by atoms with Crippen molar-refractivity contribution in [3.63, 3.8) is 0 Å². The maximum atomic E-state index is 12.4. The van der Waals surface area contributed by atoms with E-state index in [9.17, 15) is 19.2 Å². The molecule has 0 atom stereocenters. The zero-order chi connectivity index (χ0) is 20.8. The Kier molecular flexibility index (Phi) is 6.34.